The maximum absolute atomic E-state index is 5.76. The molecule has 1 unspecified atom stereocenters. The molecular weight excluding hydrogens is 316 g/mol. The molecular formula is C16H23BrN2O. The van der Waals surface area contributed by atoms with Crippen LogP contribution in [0.4, 0.5) is 0 Å². The van der Waals surface area contributed by atoms with Crippen molar-refractivity contribution < 1.29 is 4.74 Å². The zero-order valence-corrected chi connectivity index (χ0v) is 13.9. The lowest BCUT2D eigenvalue weighted by Crippen LogP contribution is -2.57. The molecule has 0 aromatic heterocycles. The van der Waals surface area contributed by atoms with Crippen LogP contribution in [0.25, 0.3) is 0 Å². The number of rotatable bonds is 4. The van der Waals surface area contributed by atoms with Crippen molar-refractivity contribution in [1.29, 1.82) is 0 Å². The molecule has 0 bridgehead atoms. The highest BCUT2D eigenvalue weighted by atomic mass is 79.9. The number of halogens is 1. The van der Waals surface area contributed by atoms with Crippen LogP contribution in [0.1, 0.15) is 37.3 Å². The molecule has 20 heavy (non-hydrogen) atoms. The van der Waals surface area contributed by atoms with Gasteiger partial charge in [0.2, 0.25) is 0 Å². The van der Waals surface area contributed by atoms with E-state index in [1.54, 1.807) is 0 Å². The fraction of sp³-hybridized carbons (Fsp3) is 0.625. The van der Waals surface area contributed by atoms with E-state index in [9.17, 15) is 0 Å². The molecule has 1 aromatic rings. The molecule has 0 radical (unpaired) electrons. The standard InChI is InChI=1S/C16H23BrN2O/c1-19(2)16(7-3-8-16)11-18-14-6-9-20-15-5-4-12(17)10-13(14)15/h4-5,10,14,18H,3,6-9,11H2,1-2H3. The fourth-order valence-electron chi connectivity index (χ4n) is 3.26. The molecule has 1 N–H and O–H groups in total. The van der Waals surface area contributed by atoms with Gasteiger partial charge in [-0.25, -0.2) is 0 Å². The summed E-state index contributed by atoms with van der Waals surface area (Å²) >= 11 is 3.56. The second kappa shape index (κ2) is 5.66. The SMILES string of the molecule is CN(C)C1(CNC2CCOc3ccc(Br)cc32)CCC1. The lowest BCUT2D eigenvalue weighted by molar-refractivity contribution is 0.0552. The van der Waals surface area contributed by atoms with Crippen molar-refractivity contribution in [2.24, 2.45) is 0 Å². The maximum atomic E-state index is 5.76. The maximum Gasteiger partial charge on any atom is 0.124 e. The third-order valence-corrected chi connectivity index (χ3v) is 5.42. The number of hydrogen-bond donors (Lipinski definition) is 1. The van der Waals surface area contributed by atoms with E-state index in [1.165, 1.54) is 24.8 Å². The molecule has 1 aromatic carbocycles. The molecule has 1 aliphatic heterocycles. The Morgan fingerprint density at radius 2 is 2.20 bits per heavy atom. The number of ether oxygens (including phenoxy) is 1. The van der Waals surface area contributed by atoms with E-state index in [0.717, 1.165) is 29.8 Å². The summed E-state index contributed by atoms with van der Waals surface area (Å²) < 4.78 is 6.88. The zero-order valence-electron chi connectivity index (χ0n) is 12.3. The zero-order chi connectivity index (χ0) is 14.2. The monoisotopic (exact) mass is 338 g/mol. The summed E-state index contributed by atoms with van der Waals surface area (Å²) in [5, 5.41) is 3.79. The molecule has 3 nitrogen and oxygen atoms in total. The minimum atomic E-state index is 0.366. The lowest BCUT2D eigenvalue weighted by Gasteiger charge is -2.48. The lowest BCUT2D eigenvalue weighted by atomic mass is 9.75. The average Bonchev–Trinajstić information content (AvgIpc) is 2.37. The van der Waals surface area contributed by atoms with Gasteiger partial charge in [-0.15, -0.1) is 0 Å². The molecule has 4 heteroatoms. The molecule has 0 amide bonds. The molecule has 1 heterocycles. The van der Waals surface area contributed by atoms with E-state index in [4.69, 9.17) is 4.74 Å². The second-order valence-corrected chi connectivity index (χ2v) is 7.14. The largest absolute Gasteiger partial charge is 0.493 e. The van der Waals surface area contributed by atoms with Crippen LogP contribution in [0.5, 0.6) is 5.75 Å². The van der Waals surface area contributed by atoms with Crippen LogP contribution in [0.2, 0.25) is 0 Å². The smallest absolute Gasteiger partial charge is 0.124 e. The van der Waals surface area contributed by atoms with Crippen LogP contribution in [0, 0.1) is 0 Å². The van der Waals surface area contributed by atoms with Gasteiger partial charge in [-0.1, -0.05) is 15.9 Å². The molecule has 0 spiro atoms. The van der Waals surface area contributed by atoms with Crippen LogP contribution in [-0.2, 0) is 0 Å². The van der Waals surface area contributed by atoms with Crippen LogP contribution in [0.15, 0.2) is 22.7 Å². The summed E-state index contributed by atoms with van der Waals surface area (Å²) in [4.78, 5) is 2.39. The number of likely N-dealkylation sites (N-methyl/N-ethyl adjacent to an activating group) is 1. The highest BCUT2D eigenvalue weighted by molar-refractivity contribution is 9.10. The van der Waals surface area contributed by atoms with Crippen LogP contribution in [-0.4, -0.2) is 37.7 Å². The summed E-state index contributed by atoms with van der Waals surface area (Å²) in [5.41, 5.74) is 1.66. The summed E-state index contributed by atoms with van der Waals surface area (Å²) in [6, 6.07) is 6.72. The van der Waals surface area contributed by atoms with E-state index < -0.39 is 0 Å². The predicted molar refractivity (Wildman–Crippen MR) is 85.3 cm³/mol. The van der Waals surface area contributed by atoms with Gasteiger partial charge in [-0.05, 0) is 51.6 Å². The Labute approximate surface area is 129 Å². The van der Waals surface area contributed by atoms with Gasteiger partial charge in [0, 0.05) is 34.6 Å². The second-order valence-electron chi connectivity index (χ2n) is 6.23. The van der Waals surface area contributed by atoms with Crippen LogP contribution < -0.4 is 10.1 Å². The van der Waals surface area contributed by atoms with Crippen molar-refractivity contribution in [3.8, 4) is 5.75 Å². The van der Waals surface area contributed by atoms with E-state index in [-0.39, 0.29) is 0 Å². The Morgan fingerprint density at radius 1 is 1.40 bits per heavy atom. The Balaban J connectivity index is 1.72. The highest BCUT2D eigenvalue weighted by Crippen LogP contribution is 2.38. The number of hydrogen-bond acceptors (Lipinski definition) is 3. The highest BCUT2D eigenvalue weighted by Gasteiger charge is 2.39. The number of nitrogens with one attached hydrogen (secondary N) is 1. The van der Waals surface area contributed by atoms with Crippen LogP contribution in [0.3, 0.4) is 0 Å². The van der Waals surface area contributed by atoms with E-state index in [0.29, 0.717) is 11.6 Å². The first-order valence-electron chi connectivity index (χ1n) is 7.44. The Bertz CT molecular complexity index is 485. The molecule has 110 valence electrons. The van der Waals surface area contributed by atoms with E-state index >= 15 is 0 Å². The van der Waals surface area contributed by atoms with Gasteiger partial charge in [0.15, 0.2) is 0 Å². The van der Waals surface area contributed by atoms with Gasteiger partial charge in [0.05, 0.1) is 6.61 Å². The topological polar surface area (TPSA) is 24.5 Å². The Morgan fingerprint density at radius 3 is 2.85 bits per heavy atom. The molecule has 2 aliphatic rings. The van der Waals surface area contributed by atoms with Gasteiger partial charge in [-0.2, -0.15) is 0 Å². The molecule has 1 fully saturated rings. The molecule has 1 saturated carbocycles. The number of nitrogens with zero attached hydrogens (tertiary/aromatic N) is 1. The number of fused-ring (bicyclic) bond motifs is 1. The van der Waals surface area contributed by atoms with E-state index in [2.05, 4.69) is 58.4 Å². The summed E-state index contributed by atoms with van der Waals surface area (Å²) in [6.07, 6.45) is 5.02. The summed E-state index contributed by atoms with van der Waals surface area (Å²) in [7, 11) is 4.41. The quantitative estimate of drug-likeness (QED) is 0.911. The van der Waals surface area contributed by atoms with E-state index in [1.807, 2.05) is 0 Å². The van der Waals surface area contributed by atoms with Gasteiger partial charge >= 0.3 is 0 Å². The summed E-state index contributed by atoms with van der Waals surface area (Å²) in [5.74, 6) is 1.03. The predicted octanol–water partition coefficient (Wildman–Crippen LogP) is 3.35. The van der Waals surface area contributed by atoms with Crippen molar-refractivity contribution in [3.63, 3.8) is 0 Å². The van der Waals surface area contributed by atoms with Gasteiger partial charge in [-0.3, -0.25) is 0 Å². The number of benzene rings is 1. The molecule has 1 atom stereocenters. The van der Waals surface area contributed by atoms with Crippen molar-refractivity contribution in [2.45, 2.75) is 37.3 Å². The minimum Gasteiger partial charge on any atom is -0.493 e. The third kappa shape index (κ3) is 2.61. The van der Waals surface area contributed by atoms with Gasteiger partial charge in [0.25, 0.3) is 0 Å². The fourth-order valence-corrected chi connectivity index (χ4v) is 3.64. The first-order valence-corrected chi connectivity index (χ1v) is 8.23. The van der Waals surface area contributed by atoms with Gasteiger partial charge < -0.3 is 15.0 Å². The summed E-state index contributed by atoms with van der Waals surface area (Å²) in [6.45, 7) is 1.87. The van der Waals surface area contributed by atoms with Gasteiger partial charge in [0.1, 0.15) is 5.75 Å². The molecule has 3 rings (SSSR count). The first-order chi connectivity index (χ1) is 9.61. The normalized spacial score (nSPS) is 23.9. The third-order valence-electron chi connectivity index (χ3n) is 4.92. The first kappa shape index (κ1) is 14.4. The Hall–Kier alpha value is -0.580. The van der Waals surface area contributed by atoms with Crippen molar-refractivity contribution in [3.05, 3.63) is 28.2 Å². The minimum absolute atomic E-state index is 0.366. The van der Waals surface area contributed by atoms with Crippen molar-refractivity contribution in [2.75, 3.05) is 27.2 Å². The molecule has 0 saturated heterocycles. The average molecular weight is 339 g/mol. The molecule has 1 aliphatic carbocycles. The van der Waals surface area contributed by atoms with Crippen molar-refractivity contribution >= 4 is 15.9 Å². The van der Waals surface area contributed by atoms with Crippen molar-refractivity contribution in [1.82, 2.24) is 10.2 Å². The Kier molecular flexibility index (Phi) is 4.07. The van der Waals surface area contributed by atoms with Crippen LogP contribution >= 0.6 is 15.9 Å².